The van der Waals surface area contributed by atoms with Crippen LogP contribution in [0.4, 0.5) is 0 Å². The molecule has 0 radical (unpaired) electrons. The molecule has 6 unspecified atom stereocenters. The smallest absolute Gasteiger partial charge is 1.00 e. The molecule has 0 aliphatic carbocycles. The van der Waals surface area contributed by atoms with Gasteiger partial charge in [0.2, 0.25) is 14.5 Å². The van der Waals surface area contributed by atoms with E-state index in [-0.39, 0.29) is 73.1 Å². The minimum atomic E-state index is -1.67. The van der Waals surface area contributed by atoms with E-state index in [9.17, 15) is 28.8 Å². The van der Waals surface area contributed by atoms with E-state index in [4.69, 9.17) is 20.9 Å². The number of Topliss-reactive ketones (excluding diaryl/α,β-unsaturated/α-hetero) is 4. The minimum Gasteiger partial charge on any atom is -1.00 e. The Kier molecular flexibility index (Phi) is 56.9. The van der Waals surface area contributed by atoms with Crippen LogP contribution in [-0.2, 0) is 83.7 Å². The summed E-state index contributed by atoms with van der Waals surface area (Å²) in [7, 11) is 11.8. The molecule has 3 aliphatic heterocycles. The first kappa shape index (κ1) is 101. The van der Waals surface area contributed by atoms with Crippen molar-refractivity contribution in [2.45, 2.75) is 246 Å². The molecule has 0 aromatic heterocycles. The van der Waals surface area contributed by atoms with Crippen LogP contribution in [0.15, 0.2) is 72.8 Å². The number of carbonyl (C=O) groups is 6. The van der Waals surface area contributed by atoms with Gasteiger partial charge in [0.05, 0.1) is 55.0 Å². The SMILES string of the molecule is CCC(Br)C(=O)Cc1c(C)cccc1C.CCC(Br)C(=O)Cl.CCC(Br)C(=O)O.CCC(C(=O)Cc1c(C)cccc1C)N1CCCC1.CCC(C(=O)Cc1c(C)cccc1C)[N+]1(CC)CCCC1.CCC(C(=O)Cc1c(C)cccc1C)[N+]1(CC)CCCC1.O.O=S(Cl)Cl.[Cl][Ag].[I-]. The van der Waals surface area contributed by atoms with Crippen molar-refractivity contribution < 1.29 is 96.5 Å². The van der Waals surface area contributed by atoms with Crippen LogP contribution in [-0.4, -0.2) is 148 Å². The molecule has 562 valence electrons. The Balaban J connectivity index is -0.00000112. The Morgan fingerprint density at radius 1 is 0.459 bits per heavy atom. The van der Waals surface area contributed by atoms with Crippen LogP contribution >= 0.6 is 89.9 Å². The summed E-state index contributed by atoms with van der Waals surface area (Å²) in [6.07, 6.45) is 15.1. The van der Waals surface area contributed by atoms with Gasteiger partial charge in [0.15, 0.2) is 23.1 Å². The summed E-state index contributed by atoms with van der Waals surface area (Å²) in [5, 5.41) is 7.82. The van der Waals surface area contributed by atoms with Crippen LogP contribution in [0.1, 0.15) is 199 Å². The molecular weight excluding hydrogens is 1750 g/mol. The van der Waals surface area contributed by atoms with Gasteiger partial charge < -0.3 is 43.5 Å². The standard InChI is InChI=1S/2C19H30NO.C17H25NO.C13H17BrO.C4H6BrClO.C4H7BrO2.Ag.Cl2OS.ClH.HI.H2O/c2*1-5-18(20(6-2)12-7-8-13-20)19(21)14-17-15(3)10-9-11-16(17)4;1-4-16(18-10-5-6-11-18)17(19)12-15-13(2)8-7-9-14(15)3;1-4-12(14)13(15)8-11-9(2)6-5-7-10(11)3;2*1-2-3(5)4(6)7;;1-4(2)3;;;/h2*9-11,18H,5-8,12-14H2,1-4H3;7-9,16H,4-6,10-12H2,1-3H3;5-7,12H,4,8H2,1-3H3;3H,2H2,1H3;3H,2H2,1H3,(H,6,7);;;2*1H;1H2/q2*+1;;;;;+1;;;;/p-2. The van der Waals surface area contributed by atoms with Gasteiger partial charge in [-0.15, -0.1) is 0 Å². The van der Waals surface area contributed by atoms with Crippen LogP contribution in [0.2, 0.25) is 0 Å². The second kappa shape index (κ2) is 55.2. The number of quaternary nitrogens is 2. The third-order valence-corrected chi connectivity index (χ3v) is 23.1. The molecular formula is C76H117AgBr3Cl4IN3O9S+. The fourth-order valence-electron chi connectivity index (χ4n) is 13.4. The maximum atomic E-state index is 13.0. The number of carbonyl (C=O) groups excluding carboxylic acids is 5. The van der Waals surface area contributed by atoms with E-state index in [1.807, 2.05) is 26.8 Å². The molecule has 3 N–H and O–H groups in total. The van der Waals surface area contributed by atoms with Crippen LogP contribution < -0.4 is 24.0 Å². The van der Waals surface area contributed by atoms with Crippen LogP contribution in [0, 0.1) is 55.4 Å². The molecule has 12 nitrogen and oxygen atoms in total. The van der Waals surface area contributed by atoms with E-state index in [1.165, 1.54) is 131 Å². The maximum absolute atomic E-state index is 13.0. The number of benzene rings is 4. The molecule has 0 bridgehead atoms. The number of carboxylic acids is 1. The number of hydrogen-bond acceptors (Lipinski definition) is 8. The van der Waals surface area contributed by atoms with Crippen LogP contribution in [0.3, 0.4) is 0 Å². The van der Waals surface area contributed by atoms with Crippen LogP contribution in [0.5, 0.6) is 0 Å². The number of carboxylic acid groups (broad SMARTS) is 1. The molecule has 3 heterocycles. The predicted octanol–water partition coefficient (Wildman–Crippen LogP) is 15.6. The van der Waals surface area contributed by atoms with Gasteiger partial charge in [-0.2, -0.15) is 0 Å². The number of nitrogens with zero attached hydrogens (tertiary/aromatic N) is 3. The van der Waals surface area contributed by atoms with Gasteiger partial charge in [-0.1, -0.05) is 162 Å². The monoisotopic (exact) mass is 1860 g/mol. The molecule has 0 amide bonds. The molecule has 3 fully saturated rings. The summed E-state index contributed by atoms with van der Waals surface area (Å²) in [6, 6.07) is 25.6. The van der Waals surface area contributed by atoms with Gasteiger partial charge in [-0.05, 0) is 199 Å². The Labute approximate surface area is 666 Å². The first-order valence-electron chi connectivity index (χ1n) is 34.3. The summed E-state index contributed by atoms with van der Waals surface area (Å²) in [5.41, 5.74) is 14.8. The molecule has 0 spiro atoms. The number of aliphatic carboxylic acids is 1. The number of likely N-dealkylation sites (N-methyl/N-ethyl adjacent to an activating group) is 2. The fourth-order valence-corrected chi connectivity index (χ4v) is 13.8. The normalized spacial score (nSPS) is 15.7. The van der Waals surface area contributed by atoms with Gasteiger partial charge in [-0.3, -0.25) is 33.7 Å². The number of rotatable bonds is 25. The van der Waals surface area contributed by atoms with E-state index >= 15 is 0 Å². The minimum absolute atomic E-state index is 0. The third-order valence-electron chi connectivity index (χ3n) is 19.3. The molecule has 3 aliphatic rings. The van der Waals surface area contributed by atoms with Gasteiger partial charge in [0, 0.05) is 85.6 Å². The molecule has 4 aromatic rings. The van der Waals surface area contributed by atoms with Crippen molar-refractivity contribution in [2.75, 3.05) is 52.4 Å². The number of likely N-dealkylation sites (tertiary alicyclic amines) is 3. The summed E-state index contributed by atoms with van der Waals surface area (Å²) < 4.78 is 11.1. The summed E-state index contributed by atoms with van der Waals surface area (Å²) in [4.78, 5) is 72.2. The third kappa shape index (κ3) is 35.2. The van der Waals surface area contributed by atoms with E-state index in [0.717, 1.165) is 67.2 Å². The molecule has 0 saturated carbocycles. The van der Waals surface area contributed by atoms with Crippen LogP contribution in [0.25, 0.3) is 0 Å². The predicted molar refractivity (Wildman–Crippen MR) is 418 cm³/mol. The summed E-state index contributed by atoms with van der Waals surface area (Å²) >= 11 is 16.9. The zero-order valence-corrected chi connectivity index (χ0v) is 73.5. The van der Waals surface area contributed by atoms with Gasteiger partial charge in [0.1, 0.15) is 16.9 Å². The molecule has 22 heteroatoms. The van der Waals surface area contributed by atoms with Crippen molar-refractivity contribution in [1.82, 2.24) is 4.90 Å². The number of hydrogen-bond donors (Lipinski definition) is 1. The number of alkyl halides is 3. The summed E-state index contributed by atoms with van der Waals surface area (Å²) in [6.45, 7) is 42.7. The number of aryl methyl sites for hydroxylation is 8. The average Bonchev–Trinajstić information content (AvgIpc) is 1.59. The topological polar surface area (TPSA) is 174 Å². The molecule has 3 saturated heterocycles. The fraction of sp³-hybridized carbons (Fsp3) is 0.605. The maximum Gasteiger partial charge on any atom is -1.00 e. The van der Waals surface area contributed by atoms with Crippen molar-refractivity contribution in [3.63, 3.8) is 0 Å². The van der Waals surface area contributed by atoms with Crippen molar-refractivity contribution >= 4 is 134 Å². The van der Waals surface area contributed by atoms with Gasteiger partial charge in [0.25, 0.3) is 0 Å². The van der Waals surface area contributed by atoms with E-state index < -0.39 is 15.2 Å². The van der Waals surface area contributed by atoms with E-state index in [1.54, 1.807) is 0 Å². The average molecular weight is 1870 g/mol. The van der Waals surface area contributed by atoms with Crippen molar-refractivity contribution in [2.24, 2.45) is 0 Å². The Bertz CT molecular complexity index is 2830. The molecule has 4 aromatic carbocycles. The number of halogens is 8. The Morgan fingerprint density at radius 2 is 0.714 bits per heavy atom. The number of ketones is 4. The first-order chi connectivity index (χ1) is 45.4. The van der Waals surface area contributed by atoms with Crippen molar-refractivity contribution in [3.05, 3.63) is 140 Å². The summed E-state index contributed by atoms with van der Waals surface area (Å²) in [5.74, 6) is 0.761. The second-order valence-electron chi connectivity index (χ2n) is 25.4. The quantitative estimate of drug-likeness (QED) is 0.0223. The molecule has 98 heavy (non-hydrogen) atoms. The van der Waals surface area contributed by atoms with Gasteiger partial charge in [-0.25, -0.2) is 4.21 Å². The van der Waals surface area contributed by atoms with E-state index in [0.29, 0.717) is 49.5 Å². The molecule has 7 rings (SSSR count). The largest absolute Gasteiger partial charge is 1.00 e. The Hall–Kier alpha value is -1.24. The van der Waals surface area contributed by atoms with Crippen molar-refractivity contribution in [1.29, 1.82) is 0 Å². The van der Waals surface area contributed by atoms with Gasteiger partial charge >= 0.3 is 35.1 Å². The second-order valence-corrected chi connectivity index (χ2v) is 31.6. The van der Waals surface area contributed by atoms with Crippen molar-refractivity contribution in [3.8, 4) is 0 Å². The zero-order chi connectivity index (χ0) is 73.5. The molecule has 6 atom stereocenters. The zero-order valence-electron chi connectivity index (χ0n) is 61.2. The Morgan fingerprint density at radius 3 is 0.908 bits per heavy atom. The van der Waals surface area contributed by atoms with E-state index in [2.05, 4.69) is 260 Å². The first-order valence-corrected chi connectivity index (χ1v) is 42.2.